The molecule has 1 N–H and O–H groups in total. The van der Waals surface area contributed by atoms with Crippen molar-refractivity contribution in [2.24, 2.45) is 0 Å². The molecule has 8 nitrogen and oxygen atoms in total. The van der Waals surface area contributed by atoms with E-state index in [0.29, 0.717) is 19.3 Å². The number of aliphatic carboxylic acids is 1. The third kappa shape index (κ3) is 34.8. The Morgan fingerprint density at radius 2 is 1.06 bits per heavy atom. The van der Waals surface area contributed by atoms with Gasteiger partial charge in [0.1, 0.15) is 6.61 Å². The highest BCUT2D eigenvalue weighted by molar-refractivity contribution is 5.72. The SMILES string of the molecule is CC/C=C/C=C/C=C/C=C/CCCCCC(=O)OC(COCCC(C(=O)O)[N+](C)(C)C)COC(=O)CCCCCCCCC/C=C/CCCCCCCC. The van der Waals surface area contributed by atoms with Gasteiger partial charge in [-0.3, -0.25) is 9.59 Å². The van der Waals surface area contributed by atoms with Crippen LogP contribution in [-0.2, 0) is 28.6 Å². The number of hydrogen-bond donors (Lipinski definition) is 1. The van der Waals surface area contributed by atoms with Crippen LogP contribution in [0.25, 0.3) is 0 Å². The number of rotatable bonds is 37. The summed E-state index contributed by atoms with van der Waals surface area (Å²) in [6, 6.07) is -0.624. The lowest BCUT2D eigenvalue weighted by molar-refractivity contribution is -0.887. The van der Waals surface area contributed by atoms with Crippen molar-refractivity contribution < 1.29 is 38.2 Å². The van der Waals surface area contributed by atoms with Gasteiger partial charge in [-0.25, -0.2) is 4.79 Å². The van der Waals surface area contributed by atoms with Gasteiger partial charge in [-0.2, -0.15) is 0 Å². The summed E-state index contributed by atoms with van der Waals surface area (Å²) in [4.78, 5) is 36.9. The molecule has 0 aromatic carbocycles. The van der Waals surface area contributed by atoms with E-state index in [-0.39, 0.29) is 42.7 Å². The Bertz CT molecular complexity index is 1070. The Labute approximate surface area is 330 Å². The van der Waals surface area contributed by atoms with Crippen LogP contribution in [0.3, 0.4) is 0 Å². The van der Waals surface area contributed by atoms with E-state index in [9.17, 15) is 19.5 Å². The number of carbonyl (C=O) groups is 3. The molecule has 0 saturated carbocycles. The molecule has 0 aromatic heterocycles. The topological polar surface area (TPSA) is 99.1 Å². The molecule has 0 rings (SSSR count). The van der Waals surface area contributed by atoms with Gasteiger partial charge in [0.15, 0.2) is 12.1 Å². The maximum absolute atomic E-state index is 12.7. The van der Waals surface area contributed by atoms with Crippen LogP contribution in [0.5, 0.6) is 0 Å². The molecule has 8 heteroatoms. The zero-order valence-corrected chi connectivity index (χ0v) is 35.2. The van der Waals surface area contributed by atoms with Crippen molar-refractivity contribution in [2.75, 3.05) is 41.0 Å². The average Bonchev–Trinajstić information content (AvgIpc) is 3.12. The van der Waals surface area contributed by atoms with Crippen molar-refractivity contribution in [1.82, 2.24) is 0 Å². The van der Waals surface area contributed by atoms with Crippen LogP contribution >= 0.6 is 0 Å². The molecule has 0 radical (unpaired) electrons. The Hall–Kier alpha value is -2.97. The molecule has 0 amide bonds. The predicted octanol–water partition coefficient (Wildman–Crippen LogP) is 11.4. The number of allylic oxidation sites excluding steroid dienone is 10. The molecule has 54 heavy (non-hydrogen) atoms. The van der Waals surface area contributed by atoms with Crippen molar-refractivity contribution in [3.05, 3.63) is 60.8 Å². The van der Waals surface area contributed by atoms with Crippen molar-refractivity contribution in [3.8, 4) is 0 Å². The predicted molar refractivity (Wildman–Crippen MR) is 224 cm³/mol. The number of ether oxygens (including phenoxy) is 3. The molecule has 2 unspecified atom stereocenters. The first-order valence-electron chi connectivity index (χ1n) is 21.4. The van der Waals surface area contributed by atoms with Gasteiger partial charge >= 0.3 is 17.9 Å². The third-order valence-electron chi connectivity index (χ3n) is 9.25. The summed E-state index contributed by atoms with van der Waals surface area (Å²) in [5, 5.41) is 9.60. The molecule has 0 saturated heterocycles. The number of esters is 2. The first kappa shape index (κ1) is 51.0. The van der Waals surface area contributed by atoms with Gasteiger partial charge in [0.25, 0.3) is 0 Å². The molecule has 0 aliphatic heterocycles. The van der Waals surface area contributed by atoms with Gasteiger partial charge in [0, 0.05) is 19.3 Å². The van der Waals surface area contributed by atoms with E-state index >= 15 is 0 Å². The van der Waals surface area contributed by atoms with Crippen molar-refractivity contribution in [2.45, 2.75) is 174 Å². The third-order valence-corrected chi connectivity index (χ3v) is 9.25. The molecule has 0 fully saturated rings. The van der Waals surface area contributed by atoms with E-state index in [4.69, 9.17) is 14.2 Å². The molecular weight excluding hydrogens is 679 g/mol. The van der Waals surface area contributed by atoms with Crippen LogP contribution in [0.15, 0.2) is 60.8 Å². The van der Waals surface area contributed by atoms with Gasteiger partial charge in [0.2, 0.25) is 0 Å². The molecule has 0 aliphatic rings. The minimum absolute atomic E-state index is 0.0415. The summed E-state index contributed by atoms with van der Waals surface area (Å²) >= 11 is 0. The normalized spacial score (nSPS) is 13.6. The first-order chi connectivity index (χ1) is 26.1. The van der Waals surface area contributed by atoms with Crippen LogP contribution in [0, 0.1) is 0 Å². The van der Waals surface area contributed by atoms with Crippen LogP contribution in [0.1, 0.15) is 162 Å². The second kappa shape index (κ2) is 37.0. The maximum Gasteiger partial charge on any atom is 0.362 e. The van der Waals surface area contributed by atoms with Gasteiger partial charge in [-0.05, 0) is 57.8 Å². The minimum atomic E-state index is -0.885. The highest BCUT2D eigenvalue weighted by Crippen LogP contribution is 2.13. The number of likely N-dealkylation sites (N-methyl/N-ethyl adjacent to an activating group) is 1. The zero-order chi connectivity index (χ0) is 40.0. The number of quaternary nitrogens is 1. The lowest BCUT2D eigenvalue weighted by atomic mass is 10.1. The van der Waals surface area contributed by atoms with E-state index in [2.05, 4.69) is 38.2 Å². The van der Waals surface area contributed by atoms with Crippen molar-refractivity contribution in [3.63, 3.8) is 0 Å². The van der Waals surface area contributed by atoms with Crippen molar-refractivity contribution >= 4 is 17.9 Å². The zero-order valence-electron chi connectivity index (χ0n) is 35.2. The average molecular weight is 759 g/mol. The van der Waals surface area contributed by atoms with Crippen LogP contribution < -0.4 is 0 Å². The number of carbonyl (C=O) groups excluding carboxylic acids is 2. The maximum atomic E-state index is 12.7. The quantitative estimate of drug-likeness (QED) is 0.0221. The largest absolute Gasteiger partial charge is 0.477 e. The standard InChI is InChI=1S/C46H79NO7/c1-6-8-10-12-14-16-18-20-21-22-23-25-26-28-30-32-34-36-44(48)53-41-42(40-52-39-38-43(46(50)51)47(3,4)5)54-45(49)37-35-33-31-29-27-24-19-17-15-13-11-9-7-2/h9,11,13,15,17,19-21,24,27,42-43H,6-8,10,12,14,16,18,22-23,25-26,28-41H2,1-5H3/p+1/b11-9+,15-13+,19-17+,21-20+,27-24+. The number of carboxylic acids is 1. The van der Waals surface area contributed by atoms with Crippen LogP contribution in [-0.4, -0.2) is 80.6 Å². The van der Waals surface area contributed by atoms with Gasteiger partial charge in [0.05, 0.1) is 34.4 Å². The van der Waals surface area contributed by atoms with E-state index in [1.807, 2.05) is 57.6 Å². The number of nitrogens with zero attached hydrogens (tertiary/aromatic N) is 1. The van der Waals surface area contributed by atoms with E-state index in [0.717, 1.165) is 44.9 Å². The fourth-order valence-corrected chi connectivity index (χ4v) is 5.92. The number of carboxylic acid groups (broad SMARTS) is 1. The molecular formula is C46H80NO7+. The highest BCUT2D eigenvalue weighted by atomic mass is 16.6. The number of unbranched alkanes of at least 4 members (excludes halogenated alkanes) is 16. The lowest BCUT2D eigenvalue weighted by Gasteiger charge is -2.31. The van der Waals surface area contributed by atoms with E-state index in [1.165, 1.54) is 77.0 Å². The van der Waals surface area contributed by atoms with E-state index in [1.54, 1.807) is 0 Å². The van der Waals surface area contributed by atoms with Gasteiger partial charge in [-0.1, -0.05) is 145 Å². The van der Waals surface area contributed by atoms with Gasteiger partial charge < -0.3 is 23.8 Å². The molecule has 0 spiro atoms. The summed E-state index contributed by atoms with van der Waals surface area (Å²) < 4.78 is 17.2. The van der Waals surface area contributed by atoms with Gasteiger partial charge in [-0.15, -0.1) is 0 Å². The highest BCUT2D eigenvalue weighted by Gasteiger charge is 2.31. The van der Waals surface area contributed by atoms with E-state index < -0.39 is 18.1 Å². The Kier molecular flexibility index (Phi) is 34.9. The first-order valence-corrected chi connectivity index (χ1v) is 21.4. The monoisotopic (exact) mass is 759 g/mol. The summed E-state index contributed by atoms with van der Waals surface area (Å²) in [7, 11) is 5.50. The fraction of sp³-hybridized carbons (Fsp3) is 0.717. The van der Waals surface area contributed by atoms with Crippen LogP contribution in [0.2, 0.25) is 0 Å². The second-order valence-electron chi connectivity index (χ2n) is 15.3. The Balaban J connectivity index is 4.41. The Morgan fingerprint density at radius 1 is 0.574 bits per heavy atom. The molecule has 0 aliphatic carbocycles. The van der Waals surface area contributed by atoms with Crippen LogP contribution in [0.4, 0.5) is 0 Å². The molecule has 310 valence electrons. The van der Waals surface area contributed by atoms with Crippen molar-refractivity contribution in [1.29, 1.82) is 0 Å². The summed E-state index contributed by atoms with van der Waals surface area (Å²) in [6.45, 7) is 4.53. The molecule has 0 bridgehead atoms. The summed E-state index contributed by atoms with van der Waals surface area (Å²) in [5.74, 6) is -1.53. The smallest absolute Gasteiger partial charge is 0.362 e. The summed E-state index contributed by atoms with van der Waals surface area (Å²) in [6.07, 6.45) is 44.1. The molecule has 0 aromatic rings. The fourth-order valence-electron chi connectivity index (χ4n) is 5.92. The lowest BCUT2D eigenvalue weighted by Crippen LogP contribution is -2.50. The second-order valence-corrected chi connectivity index (χ2v) is 15.3. The number of hydrogen-bond acceptors (Lipinski definition) is 6. The molecule has 0 heterocycles. The Morgan fingerprint density at radius 3 is 1.61 bits per heavy atom. The summed E-state index contributed by atoms with van der Waals surface area (Å²) in [5.41, 5.74) is 0. The molecule has 2 atom stereocenters. The minimum Gasteiger partial charge on any atom is -0.477 e.